The Bertz CT molecular complexity index is 367. The zero-order valence-corrected chi connectivity index (χ0v) is 10.7. The molecule has 4 heteroatoms. The summed E-state index contributed by atoms with van der Waals surface area (Å²) in [5.74, 6) is -0.657. The molecule has 94 valence electrons. The molecular weight excluding hydrogens is 270 g/mol. The smallest absolute Gasteiger partial charge is 0.289 e. The fraction of sp³-hybridized carbons (Fsp3) is 0. The van der Waals surface area contributed by atoms with E-state index in [1.54, 1.807) is 0 Å². The second-order valence-corrected chi connectivity index (χ2v) is 3.11. The Morgan fingerprint density at radius 3 is 1.17 bits per heavy atom. The van der Waals surface area contributed by atoms with E-state index in [-0.39, 0.29) is 28.9 Å². The van der Waals surface area contributed by atoms with Crippen molar-refractivity contribution < 1.29 is 26.7 Å². The average Bonchev–Trinajstić information content (AvgIpc) is 3.03. The number of imide groups is 1. The number of nitrogens with one attached hydrogen (secondary N) is 1. The minimum Gasteiger partial charge on any atom is -0.289 e. The van der Waals surface area contributed by atoms with Gasteiger partial charge < -0.3 is 0 Å². The summed E-state index contributed by atoms with van der Waals surface area (Å²) in [6.45, 7) is 0. The Kier molecular flexibility index (Phi) is 9.18. The van der Waals surface area contributed by atoms with Crippen molar-refractivity contribution in [1.29, 1.82) is 0 Å². The van der Waals surface area contributed by atoms with E-state index in [4.69, 9.17) is 0 Å². The van der Waals surface area contributed by atoms with Gasteiger partial charge in [0.2, 0.25) is 0 Å². The maximum absolute atomic E-state index is 10.0. The molecule has 0 aliphatic carbocycles. The van der Waals surface area contributed by atoms with Gasteiger partial charge in [0.05, 0.1) is 0 Å². The standard InChI is InChI=1S/2C5H5.C4H3NO2.Fe/c2*1-2-4-5-3-1;6-3-1-2-4(7)5-3;/h2*1-5H;1-2H,(H,5,6,7);/q2*-1;;+2. The molecule has 3 nitrogen and oxygen atoms in total. The zero-order chi connectivity index (χ0) is 12.3. The molecule has 1 aliphatic heterocycles. The molecule has 0 bridgehead atoms. The van der Waals surface area contributed by atoms with Gasteiger partial charge in [-0.15, -0.1) is 0 Å². The van der Waals surface area contributed by atoms with E-state index in [9.17, 15) is 9.59 Å². The molecule has 0 saturated heterocycles. The van der Waals surface area contributed by atoms with E-state index in [1.165, 1.54) is 12.2 Å². The molecule has 0 aromatic heterocycles. The molecule has 0 unspecified atom stereocenters. The summed E-state index contributed by atoms with van der Waals surface area (Å²) in [4.78, 5) is 20.1. The average molecular weight is 283 g/mol. The van der Waals surface area contributed by atoms with Crippen LogP contribution >= 0.6 is 0 Å². The maximum Gasteiger partial charge on any atom is 2.00 e. The van der Waals surface area contributed by atoms with Crippen LogP contribution in [0.3, 0.4) is 0 Å². The van der Waals surface area contributed by atoms with Gasteiger partial charge in [0.15, 0.2) is 0 Å². The van der Waals surface area contributed by atoms with Crippen LogP contribution in [-0.2, 0) is 26.7 Å². The molecule has 0 fully saturated rings. The maximum atomic E-state index is 10.0. The SMILES string of the molecule is O=C1C=CC(=O)N1.[Fe+2].c1cc[cH-]c1.c1cc[cH-]c1. The van der Waals surface area contributed by atoms with Gasteiger partial charge >= 0.3 is 17.1 Å². The van der Waals surface area contributed by atoms with Gasteiger partial charge in [0.1, 0.15) is 0 Å². The van der Waals surface area contributed by atoms with Crippen molar-refractivity contribution in [1.82, 2.24) is 5.32 Å². The predicted octanol–water partition coefficient (Wildman–Crippen LogP) is 2.01. The van der Waals surface area contributed by atoms with Crippen molar-refractivity contribution in [3.8, 4) is 0 Å². The van der Waals surface area contributed by atoms with Gasteiger partial charge in [-0.3, -0.25) is 14.9 Å². The number of rotatable bonds is 0. The van der Waals surface area contributed by atoms with E-state index in [2.05, 4.69) is 0 Å². The Balaban J connectivity index is 0.000000239. The Morgan fingerprint density at radius 2 is 1.06 bits per heavy atom. The second-order valence-electron chi connectivity index (χ2n) is 3.11. The van der Waals surface area contributed by atoms with Crippen molar-refractivity contribution in [2.75, 3.05) is 0 Å². The fourth-order valence-electron chi connectivity index (χ4n) is 0.998. The predicted molar refractivity (Wildman–Crippen MR) is 66.4 cm³/mol. The van der Waals surface area contributed by atoms with Crippen LogP contribution in [0.25, 0.3) is 0 Å². The molecule has 0 radical (unpaired) electrons. The second kappa shape index (κ2) is 10.3. The first-order valence-corrected chi connectivity index (χ1v) is 5.15. The van der Waals surface area contributed by atoms with Crippen LogP contribution in [0.1, 0.15) is 0 Å². The Morgan fingerprint density at radius 1 is 0.722 bits per heavy atom. The van der Waals surface area contributed by atoms with Crippen LogP contribution < -0.4 is 5.32 Å². The van der Waals surface area contributed by atoms with E-state index >= 15 is 0 Å². The number of hydrogen-bond donors (Lipinski definition) is 1. The van der Waals surface area contributed by atoms with Crippen LogP contribution in [0.2, 0.25) is 0 Å². The van der Waals surface area contributed by atoms with Crippen LogP contribution in [-0.4, -0.2) is 11.8 Å². The minimum atomic E-state index is -0.329. The molecule has 2 aromatic rings. The molecule has 2 aromatic carbocycles. The number of amides is 2. The molecule has 2 amide bonds. The van der Waals surface area contributed by atoms with Gasteiger partial charge in [-0.25, -0.2) is 24.3 Å². The summed E-state index contributed by atoms with van der Waals surface area (Å²) in [5.41, 5.74) is 0. The van der Waals surface area contributed by atoms with Gasteiger partial charge in [0, 0.05) is 12.2 Å². The quantitative estimate of drug-likeness (QED) is 0.456. The summed E-state index contributed by atoms with van der Waals surface area (Å²) in [7, 11) is 0. The third-order valence-corrected chi connectivity index (χ3v) is 1.74. The third-order valence-electron chi connectivity index (χ3n) is 1.74. The first-order chi connectivity index (χ1) is 8.29. The van der Waals surface area contributed by atoms with E-state index in [0.29, 0.717) is 0 Å². The zero-order valence-electron chi connectivity index (χ0n) is 9.60. The summed E-state index contributed by atoms with van der Waals surface area (Å²) in [5, 5.41) is 2.03. The molecule has 18 heavy (non-hydrogen) atoms. The van der Waals surface area contributed by atoms with E-state index in [1.807, 2.05) is 66.0 Å². The first kappa shape index (κ1) is 16.1. The molecular formula is C14H13FeNO2. The molecule has 3 rings (SSSR count). The molecule has 0 saturated carbocycles. The van der Waals surface area contributed by atoms with Crippen molar-refractivity contribution in [3.63, 3.8) is 0 Å². The largest absolute Gasteiger partial charge is 2.00 e. The number of carbonyl (C=O) groups is 2. The minimum absolute atomic E-state index is 0. The van der Waals surface area contributed by atoms with Crippen molar-refractivity contribution >= 4 is 11.8 Å². The van der Waals surface area contributed by atoms with E-state index < -0.39 is 0 Å². The molecule has 0 spiro atoms. The number of carbonyl (C=O) groups excluding carboxylic acids is 2. The summed E-state index contributed by atoms with van der Waals surface area (Å²) in [6.07, 6.45) is 2.39. The Hall–Kier alpha value is -1.90. The monoisotopic (exact) mass is 283 g/mol. The molecule has 1 heterocycles. The molecule has 1 aliphatic rings. The molecule has 0 atom stereocenters. The van der Waals surface area contributed by atoms with Gasteiger partial charge in [-0.2, -0.15) is 36.4 Å². The van der Waals surface area contributed by atoms with Gasteiger partial charge in [-0.1, -0.05) is 0 Å². The molecule has 1 N–H and O–H groups in total. The third kappa shape index (κ3) is 8.27. The first-order valence-electron chi connectivity index (χ1n) is 5.15. The topological polar surface area (TPSA) is 46.2 Å². The van der Waals surface area contributed by atoms with Crippen molar-refractivity contribution in [2.24, 2.45) is 0 Å². The van der Waals surface area contributed by atoms with Gasteiger partial charge in [-0.05, 0) is 0 Å². The normalized spacial score (nSPS) is 11.3. The van der Waals surface area contributed by atoms with Crippen LogP contribution in [0.15, 0.2) is 72.8 Å². The van der Waals surface area contributed by atoms with Crippen LogP contribution in [0.5, 0.6) is 0 Å². The Labute approximate surface area is 117 Å². The fourth-order valence-corrected chi connectivity index (χ4v) is 0.998. The van der Waals surface area contributed by atoms with Crippen molar-refractivity contribution in [3.05, 3.63) is 72.8 Å². The summed E-state index contributed by atoms with van der Waals surface area (Å²) in [6, 6.07) is 20.0. The summed E-state index contributed by atoms with van der Waals surface area (Å²) >= 11 is 0. The van der Waals surface area contributed by atoms with Crippen molar-refractivity contribution in [2.45, 2.75) is 0 Å². The summed E-state index contributed by atoms with van der Waals surface area (Å²) < 4.78 is 0. The van der Waals surface area contributed by atoms with Crippen LogP contribution in [0, 0.1) is 0 Å². The van der Waals surface area contributed by atoms with Gasteiger partial charge in [0.25, 0.3) is 11.8 Å². The number of hydrogen-bond acceptors (Lipinski definition) is 2. The van der Waals surface area contributed by atoms with E-state index in [0.717, 1.165) is 0 Å². The van der Waals surface area contributed by atoms with Crippen LogP contribution in [0.4, 0.5) is 0 Å².